The van der Waals surface area contributed by atoms with E-state index in [-0.39, 0.29) is 11.2 Å². The SMILES string of the molecule is FC(F)(F)c1nnc(NCc2ccccc2OC2CCC2)s1. The third-order valence-corrected chi connectivity index (χ3v) is 4.34. The van der Waals surface area contributed by atoms with Crippen molar-refractivity contribution < 1.29 is 17.9 Å². The molecule has 118 valence electrons. The highest BCUT2D eigenvalue weighted by Crippen LogP contribution is 2.33. The van der Waals surface area contributed by atoms with Gasteiger partial charge >= 0.3 is 6.18 Å². The molecule has 0 spiro atoms. The minimum absolute atomic E-state index is 0.144. The summed E-state index contributed by atoms with van der Waals surface area (Å²) in [5, 5.41) is 8.72. The van der Waals surface area contributed by atoms with E-state index in [0.717, 1.165) is 24.2 Å². The van der Waals surface area contributed by atoms with E-state index in [9.17, 15) is 13.2 Å². The van der Waals surface area contributed by atoms with E-state index < -0.39 is 11.2 Å². The maximum absolute atomic E-state index is 12.5. The minimum atomic E-state index is -4.46. The number of benzene rings is 1. The first-order chi connectivity index (χ1) is 10.5. The zero-order chi connectivity index (χ0) is 15.6. The lowest BCUT2D eigenvalue weighted by Gasteiger charge is -2.27. The predicted octanol–water partition coefficient (Wildman–Crippen LogP) is 4.10. The van der Waals surface area contributed by atoms with Crippen molar-refractivity contribution in [1.29, 1.82) is 0 Å². The summed E-state index contributed by atoms with van der Waals surface area (Å²) in [6.07, 6.45) is -0.932. The molecule has 0 saturated heterocycles. The van der Waals surface area contributed by atoms with Crippen molar-refractivity contribution in [3.8, 4) is 5.75 Å². The van der Waals surface area contributed by atoms with E-state index in [2.05, 4.69) is 15.5 Å². The molecule has 0 aliphatic heterocycles. The van der Waals surface area contributed by atoms with Crippen LogP contribution in [0.5, 0.6) is 5.75 Å². The Morgan fingerprint density at radius 1 is 1.23 bits per heavy atom. The number of hydrogen-bond acceptors (Lipinski definition) is 5. The predicted molar refractivity (Wildman–Crippen MR) is 76.9 cm³/mol. The van der Waals surface area contributed by atoms with Gasteiger partial charge in [0.15, 0.2) is 0 Å². The van der Waals surface area contributed by atoms with E-state index in [1.54, 1.807) is 0 Å². The van der Waals surface area contributed by atoms with E-state index >= 15 is 0 Å². The normalized spacial score (nSPS) is 15.4. The Bertz CT molecular complexity index is 640. The summed E-state index contributed by atoms with van der Waals surface area (Å²) in [6, 6.07) is 7.50. The molecule has 4 nitrogen and oxygen atoms in total. The van der Waals surface area contributed by atoms with Gasteiger partial charge in [-0.25, -0.2) is 0 Å². The Morgan fingerprint density at radius 3 is 2.64 bits per heavy atom. The number of rotatable bonds is 5. The van der Waals surface area contributed by atoms with E-state index in [0.29, 0.717) is 17.9 Å². The monoisotopic (exact) mass is 329 g/mol. The number of ether oxygens (including phenoxy) is 1. The molecule has 8 heteroatoms. The second-order valence-electron chi connectivity index (χ2n) is 5.04. The number of nitrogens with one attached hydrogen (secondary N) is 1. The second-order valence-corrected chi connectivity index (χ2v) is 6.02. The summed E-state index contributed by atoms with van der Waals surface area (Å²) in [7, 11) is 0. The lowest BCUT2D eigenvalue weighted by Crippen LogP contribution is -2.25. The van der Waals surface area contributed by atoms with Crippen LogP contribution < -0.4 is 10.1 Å². The van der Waals surface area contributed by atoms with Gasteiger partial charge in [0, 0.05) is 12.1 Å². The number of anilines is 1. The Kier molecular flexibility index (Phi) is 4.19. The lowest BCUT2D eigenvalue weighted by molar-refractivity contribution is -0.138. The smallest absolute Gasteiger partial charge is 0.445 e. The summed E-state index contributed by atoms with van der Waals surface area (Å²) in [4.78, 5) is 0. The molecular weight excluding hydrogens is 315 g/mol. The second kappa shape index (κ2) is 6.12. The molecule has 0 radical (unpaired) electrons. The molecular formula is C14H14F3N3OS. The van der Waals surface area contributed by atoms with Gasteiger partial charge in [-0.3, -0.25) is 0 Å². The quantitative estimate of drug-likeness (QED) is 0.897. The van der Waals surface area contributed by atoms with Gasteiger partial charge in [-0.15, -0.1) is 10.2 Å². The number of hydrogen-bond donors (Lipinski definition) is 1. The van der Waals surface area contributed by atoms with Crippen LogP contribution in [-0.4, -0.2) is 16.3 Å². The first kappa shape index (κ1) is 15.1. The average molecular weight is 329 g/mol. The first-order valence-electron chi connectivity index (χ1n) is 6.91. The van der Waals surface area contributed by atoms with Crippen molar-refractivity contribution >= 4 is 16.5 Å². The zero-order valence-electron chi connectivity index (χ0n) is 11.6. The zero-order valence-corrected chi connectivity index (χ0v) is 12.4. The number of alkyl halides is 3. The van der Waals surface area contributed by atoms with E-state index in [1.807, 2.05) is 24.3 Å². The van der Waals surface area contributed by atoms with Crippen molar-refractivity contribution in [3.63, 3.8) is 0 Å². The third-order valence-electron chi connectivity index (χ3n) is 3.42. The van der Waals surface area contributed by atoms with Crippen LogP contribution in [0.2, 0.25) is 0 Å². The third kappa shape index (κ3) is 3.49. The Balaban J connectivity index is 1.64. The number of nitrogens with zero attached hydrogens (tertiary/aromatic N) is 2. The fourth-order valence-corrected chi connectivity index (χ4v) is 2.62. The van der Waals surface area contributed by atoms with E-state index in [4.69, 9.17) is 4.74 Å². The van der Waals surface area contributed by atoms with Crippen LogP contribution in [0.1, 0.15) is 29.8 Å². The molecule has 0 unspecified atom stereocenters. The van der Waals surface area contributed by atoms with Crippen molar-refractivity contribution in [1.82, 2.24) is 10.2 Å². The summed E-state index contributed by atoms with van der Waals surface area (Å²) in [5.41, 5.74) is 0.887. The van der Waals surface area contributed by atoms with Gasteiger partial charge in [-0.1, -0.05) is 29.5 Å². The average Bonchev–Trinajstić information content (AvgIpc) is 2.90. The summed E-state index contributed by atoms with van der Waals surface area (Å²) in [5.74, 6) is 0.764. The molecule has 22 heavy (non-hydrogen) atoms. The minimum Gasteiger partial charge on any atom is -0.490 e. The molecule has 0 bridgehead atoms. The molecule has 1 saturated carbocycles. The van der Waals surface area contributed by atoms with Crippen molar-refractivity contribution in [2.45, 2.75) is 38.1 Å². The molecule has 2 aromatic rings. The molecule has 1 heterocycles. The van der Waals surface area contributed by atoms with Crippen LogP contribution in [0, 0.1) is 0 Å². The van der Waals surface area contributed by atoms with Gasteiger partial charge in [-0.2, -0.15) is 13.2 Å². The molecule has 1 fully saturated rings. The maximum atomic E-state index is 12.5. The first-order valence-corrected chi connectivity index (χ1v) is 7.73. The maximum Gasteiger partial charge on any atom is 0.445 e. The summed E-state index contributed by atoms with van der Waals surface area (Å²) >= 11 is 0.495. The van der Waals surface area contributed by atoms with Gasteiger partial charge in [-0.05, 0) is 25.3 Å². The van der Waals surface area contributed by atoms with Crippen LogP contribution in [-0.2, 0) is 12.7 Å². The fourth-order valence-electron chi connectivity index (χ4n) is 2.01. The van der Waals surface area contributed by atoms with Gasteiger partial charge in [0.2, 0.25) is 10.1 Å². The van der Waals surface area contributed by atoms with Gasteiger partial charge in [0.05, 0.1) is 6.10 Å². The molecule has 1 aromatic heterocycles. The summed E-state index contributed by atoms with van der Waals surface area (Å²) in [6.45, 7) is 0.343. The van der Waals surface area contributed by atoms with Crippen molar-refractivity contribution in [2.75, 3.05) is 5.32 Å². The standard InChI is InChI=1S/C14H14F3N3OS/c15-14(16,17)12-19-20-13(22-12)18-8-9-4-1-2-7-11(9)21-10-5-3-6-10/h1-2,4,7,10H,3,5-6,8H2,(H,18,20). The van der Waals surface area contributed by atoms with Gasteiger partial charge in [0.1, 0.15) is 5.75 Å². The number of aromatic nitrogens is 2. The van der Waals surface area contributed by atoms with E-state index in [1.165, 1.54) is 6.42 Å². The highest BCUT2D eigenvalue weighted by atomic mass is 32.1. The van der Waals surface area contributed by atoms with Crippen molar-refractivity contribution in [2.24, 2.45) is 0 Å². The molecule has 1 aliphatic rings. The van der Waals surface area contributed by atoms with Crippen LogP contribution in [0.3, 0.4) is 0 Å². The number of halogens is 3. The van der Waals surface area contributed by atoms with Gasteiger partial charge < -0.3 is 10.1 Å². The topological polar surface area (TPSA) is 47.0 Å². The van der Waals surface area contributed by atoms with Crippen LogP contribution in [0.4, 0.5) is 18.3 Å². The summed E-state index contributed by atoms with van der Waals surface area (Å²) < 4.78 is 43.3. The Labute approximate surface area is 129 Å². The van der Waals surface area contributed by atoms with Crippen LogP contribution in [0.25, 0.3) is 0 Å². The fraction of sp³-hybridized carbons (Fsp3) is 0.429. The molecule has 0 amide bonds. The molecule has 3 rings (SSSR count). The highest BCUT2D eigenvalue weighted by Gasteiger charge is 2.35. The van der Waals surface area contributed by atoms with Crippen molar-refractivity contribution in [3.05, 3.63) is 34.8 Å². The highest BCUT2D eigenvalue weighted by molar-refractivity contribution is 7.15. The lowest BCUT2D eigenvalue weighted by atomic mass is 9.96. The molecule has 1 aromatic carbocycles. The Hall–Kier alpha value is -1.83. The molecule has 0 atom stereocenters. The van der Waals surface area contributed by atoms with Crippen LogP contribution in [0.15, 0.2) is 24.3 Å². The van der Waals surface area contributed by atoms with Crippen LogP contribution >= 0.6 is 11.3 Å². The Morgan fingerprint density at radius 2 is 2.00 bits per heavy atom. The molecule has 1 aliphatic carbocycles. The molecule has 1 N–H and O–H groups in total. The number of para-hydroxylation sites is 1. The largest absolute Gasteiger partial charge is 0.490 e. The van der Waals surface area contributed by atoms with Gasteiger partial charge in [0.25, 0.3) is 0 Å².